The van der Waals surface area contributed by atoms with Gasteiger partial charge in [-0.15, -0.1) is 0 Å². The van der Waals surface area contributed by atoms with Gasteiger partial charge in [0.1, 0.15) is 5.78 Å². The van der Waals surface area contributed by atoms with Gasteiger partial charge in [0.2, 0.25) is 0 Å². The molecule has 7 heteroatoms. The quantitative estimate of drug-likeness (QED) is 0.620. The van der Waals surface area contributed by atoms with Crippen LogP contribution in [0.15, 0.2) is 48.5 Å². The van der Waals surface area contributed by atoms with Crippen molar-refractivity contribution in [1.82, 2.24) is 0 Å². The van der Waals surface area contributed by atoms with Crippen molar-refractivity contribution in [2.75, 3.05) is 10.6 Å². The summed E-state index contributed by atoms with van der Waals surface area (Å²) in [6.45, 7) is 0. The summed E-state index contributed by atoms with van der Waals surface area (Å²) >= 11 is 0. The third-order valence-corrected chi connectivity index (χ3v) is 6.55. The van der Waals surface area contributed by atoms with Gasteiger partial charge in [-0.3, -0.25) is 14.4 Å². The van der Waals surface area contributed by atoms with Gasteiger partial charge in [0.25, 0.3) is 11.8 Å². The van der Waals surface area contributed by atoms with Crippen LogP contribution < -0.4 is 10.6 Å². The maximum absolute atomic E-state index is 13.5. The van der Waals surface area contributed by atoms with E-state index in [1.54, 1.807) is 48.5 Å². The molecule has 0 radical (unpaired) electrons. The third kappa shape index (κ3) is 2.22. The van der Waals surface area contributed by atoms with Crippen LogP contribution in [0.3, 0.4) is 0 Å². The van der Waals surface area contributed by atoms with Gasteiger partial charge < -0.3 is 20.8 Å². The van der Waals surface area contributed by atoms with E-state index in [9.17, 15) is 24.6 Å². The summed E-state index contributed by atoms with van der Waals surface area (Å²) in [4.78, 5) is 39.0. The summed E-state index contributed by atoms with van der Waals surface area (Å²) in [5.74, 6) is -3.87. The Hall–Kier alpha value is -3.03. The number of carbonyl (C=O) groups is 3. The minimum atomic E-state index is -2.02. The highest BCUT2D eigenvalue weighted by Gasteiger charge is 2.61. The molecule has 2 aromatic rings. The van der Waals surface area contributed by atoms with Gasteiger partial charge in [0, 0.05) is 22.5 Å². The number of hydrogen-bond acceptors (Lipinski definition) is 5. The minimum Gasteiger partial charge on any atom is -0.375 e. The molecular weight excluding hydrogens is 372 g/mol. The van der Waals surface area contributed by atoms with Gasteiger partial charge in [-0.1, -0.05) is 42.8 Å². The van der Waals surface area contributed by atoms with Gasteiger partial charge in [-0.2, -0.15) is 0 Å². The van der Waals surface area contributed by atoms with Crippen molar-refractivity contribution in [3.8, 4) is 0 Å². The summed E-state index contributed by atoms with van der Waals surface area (Å²) < 4.78 is 0. The van der Waals surface area contributed by atoms with E-state index in [-0.39, 0.29) is 0 Å². The van der Waals surface area contributed by atoms with Crippen LogP contribution in [0.4, 0.5) is 11.4 Å². The van der Waals surface area contributed by atoms with Gasteiger partial charge in [-0.05, 0) is 25.0 Å². The first kappa shape index (κ1) is 18.0. The van der Waals surface area contributed by atoms with Crippen molar-refractivity contribution in [2.45, 2.75) is 30.5 Å². The monoisotopic (exact) mass is 392 g/mol. The van der Waals surface area contributed by atoms with Crippen LogP contribution in [0.5, 0.6) is 0 Å². The number of anilines is 2. The number of para-hydroxylation sites is 2. The fraction of sp³-hybridized carbons (Fsp3) is 0.318. The first-order chi connectivity index (χ1) is 13.9. The number of rotatable bonds is 2. The van der Waals surface area contributed by atoms with E-state index >= 15 is 0 Å². The molecule has 148 valence electrons. The number of carbonyl (C=O) groups excluding carboxylic acids is 3. The second kappa shape index (κ2) is 5.98. The average Bonchev–Trinajstić information content (AvgIpc) is 3.14. The Labute approximate surface area is 166 Å². The van der Waals surface area contributed by atoms with E-state index in [1.165, 1.54) is 0 Å². The van der Waals surface area contributed by atoms with Crippen LogP contribution in [-0.2, 0) is 25.6 Å². The number of benzene rings is 2. The number of Topliss-reactive ketones (excluding diaryl/α,β-unsaturated/α-hetero) is 1. The Morgan fingerprint density at radius 3 is 1.59 bits per heavy atom. The number of aliphatic hydroxyl groups is 2. The number of hydrogen-bond donors (Lipinski definition) is 4. The Bertz CT molecular complexity index is 985. The second-order valence-electron chi connectivity index (χ2n) is 7.97. The molecule has 0 saturated heterocycles. The fourth-order valence-corrected chi connectivity index (χ4v) is 5.10. The van der Waals surface area contributed by atoms with E-state index in [0.717, 1.165) is 0 Å². The fourth-order valence-electron chi connectivity index (χ4n) is 5.10. The van der Waals surface area contributed by atoms with Gasteiger partial charge in [0.05, 0.1) is 11.8 Å². The number of nitrogens with one attached hydrogen (secondary N) is 2. The Morgan fingerprint density at radius 1 is 0.724 bits per heavy atom. The highest BCUT2D eigenvalue weighted by Crippen LogP contribution is 2.51. The molecule has 2 heterocycles. The first-order valence-electron chi connectivity index (χ1n) is 9.69. The normalized spacial score (nSPS) is 33.1. The molecule has 4 N–H and O–H groups in total. The van der Waals surface area contributed by atoms with Crippen molar-refractivity contribution in [2.24, 2.45) is 11.8 Å². The average molecular weight is 392 g/mol. The highest BCUT2D eigenvalue weighted by molar-refractivity contribution is 6.11. The lowest BCUT2D eigenvalue weighted by molar-refractivity contribution is -0.164. The minimum absolute atomic E-state index is 0.299. The predicted molar refractivity (Wildman–Crippen MR) is 104 cm³/mol. The van der Waals surface area contributed by atoms with Crippen molar-refractivity contribution < 1.29 is 24.6 Å². The molecule has 2 aliphatic heterocycles. The lowest BCUT2D eigenvalue weighted by Crippen LogP contribution is -2.54. The molecule has 2 amide bonds. The third-order valence-electron chi connectivity index (χ3n) is 6.55. The molecule has 29 heavy (non-hydrogen) atoms. The Morgan fingerprint density at radius 2 is 1.14 bits per heavy atom. The maximum atomic E-state index is 13.5. The largest absolute Gasteiger partial charge is 0.375 e. The zero-order valence-corrected chi connectivity index (χ0v) is 15.5. The smallest absolute Gasteiger partial charge is 0.261 e. The van der Waals surface area contributed by atoms with Crippen molar-refractivity contribution in [3.05, 3.63) is 59.7 Å². The molecular formula is C22H20N2O5. The van der Waals surface area contributed by atoms with Crippen molar-refractivity contribution in [3.63, 3.8) is 0 Å². The summed E-state index contributed by atoms with van der Waals surface area (Å²) in [5.41, 5.74) is -2.39. The standard InChI is InChI=1S/C22H20N2O5/c25-18-14(21(28)12-6-1-3-10-16(12)23-19(21)26)8-5-9-15(18)22(29)13-7-2-4-11-17(13)24-20(22)27/h1-4,6-7,10-11,14-15,28-29H,5,8-9H2,(H,23,26)(H,24,27)/t14-,15+,21+,22-. The number of ketones is 1. The van der Waals surface area contributed by atoms with Crippen LogP contribution >= 0.6 is 0 Å². The molecule has 1 aliphatic carbocycles. The van der Waals surface area contributed by atoms with Gasteiger partial charge >= 0.3 is 0 Å². The van der Waals surface area contributed by atoms with Crippen LogP contribution in [0.2, 0.25) is 0 Å². The first-order valence-corrected chi connectivity index (χ1v) is 9.69. The predicted octanol–water partition coefficient (Wildman–Crippen LogP) is 1.65. The summed E-state index contributed by atoms with van der Waals surface area (Å²) in [5, 5.41) is 28.1. The molecule has 2 aromatic carbocycles. The van der Waals surface area contributed by atoms with E-state index < -0.39 is 40.6 Å². The number of amides is 2. The maximum Gasteiger partial charge on any atom is 0.261 e. The molecule has 5 rings (SSSR count). The summed E-state index contributed by atoms with van der Waals surface area (Å²) in [6.07, 6.45) is 1.09. The summed E-state index contributed by atoms with van der Waals surface area (Å²) in [6, 6.07) is 13.4. The molecule has 0 bridgehead atoms. The zero-order chi connectivity index (χ0) is 20.4. The molecule has 4 atom stereocenters. The van der Waals surface area contributed by atoms with E-state index in [4.69, 9.17) is 0 Å². The lowest BCUT2D eigenvalue weighted by Gasteiger charge is -2.40. The van der Waals surface area contributed by atoms with E-state index in [0.29, 0.717) is 41.8 Å². The summed E-state index contributed by atoms with van der Waals surface area (Å²) in [7, 11) is 0. The Kier molecular flexibility index (Phi) is 3.72. The van der Waals surface area contributed by atoms with Crippen LogP contribution in [0.1, 0.15) is 30.4 Å². The molecule has 0 unspecified atom stereocenters. The molecule has 7 nitrogen and oxygen atoms in total. The lowest BCUT2D eigenvalue weighted by atomic mass is 9.64. The van der Waals surface area contributed by atoms with Gasteiger partial charge in [0.15, 0.2) is 11.2 Å². The van der Waals surface area contributed by atoms with Gasteiger partial charge in [-0.25, -0.2) is 0 Å². The van der Waals surface area contributed by atoms with Crippen molar-refractivity contribution in [1.29, 1.82) is 0 Å². The van der Waals surface area contributed by atoms with Crippen LogP contribution in [-0.4, -0.2) is 27.8 Å². The zero-order valence-electron chi connectivity index (χ0n) is 15.5. The number of fused-ring (bicyclic) bond motifs is 2. The second-order valence-corrected chi connectivity index (χ2v) is 7.97. The Balaban J connectivity index is 1.58. The molecule has 0 spiro atoms. The SMILES string of the molecule is O=C1[C@H]([C@]2(O)C(=O)Nc3ccccc32)CCC[C@@H]1[C@@]1(O)C(=O)Nc2ccccc21. The van der Waals surface area contributed by atoms with E-state index in [2.05, 4.69) is 10.6 Å². The topological polar surface area (TPSA) is 116 Å². The molecule has 3 aliphatic rings. The highest BCUT2D eigenvalue weighted by atomic mass is 16.3. The van der Waals surface area contributed by atoms with Crippen LogP contribution in [0.25, 0.3) is 0 Å². The molecule has 1 saturated carbocycles. The molecule has 0 aromatic heterocycles. The molecule has 1 fully saturated rings. The van der Waals surface area contributed by atoms with E-state index in [1.807, 2.05) is 0 Å². The van der Waals surface area contributed by atoms with Crippen molar-refractivity contribution >= 4 is 29.0 Å². The van der Waals surface area contributed by atoms with Crippen LogP contribution in [0, 0.1) is 11.8 Å².